The van der Waals surface area contributed by atoms with Gasteiger partial charge in [0.05, 0.1) is 5.02 Å². The molecule has 1 fully saturated rings. The van der Waals surface area contributed by atoms with Crippen molar-refractivity contribution in [3.63, 3.8) is 0 Å². The zero-order chi connectivity index (χ0) is 17.7. The molecule has 0 aromatic heterocycles. The van der Waals surface area contributed by atoms with Crippen molar-refractivity contribution in [2.45, 2.75) is 17.9 Å². The summed E-state index contributed by atoms with van der Waals surface area (Å²) in [6.07, 6.45) is 3.18. The zero-order valence-corrected chi connectivity index (χ0v) is 15.5. The van der Waals surface area contributed by atoms with Crippen LogP contribution in [0.1, 0.15) is 29.0 Å². The second kappa shape index (κ2) is 5.90. The molecule has 3 aromatic carbocycles. The van der Waals surface area contributed by atoms with Crippen molar-refractivity contribution >= 4 is 29.3 Å². The van der Waals surface area contributed by atoms with E-state index in [-0.39, 0.29) is 5.92 Å². The number of benzene rings is 3. The van der Waals surface area contributed by atoms with Crippen LogP contribution in [0.2, 0.25) is 10.0 Å². The molecule has 0 unspecified atom stereocenters. The largest absolute Gasteiger partial charge is 0.476 e. The van der Waals surface area contributed by atoms with Crippen molar-refractivity contribution in [2.75, 3.05) is 0 Å². The molecule has 0 saturated heterocycles. The van der Waals surface area contributed by atoms with E-state index in [1.54, 1.807) is 6.07 Å². The van der Waals surface area contributed by atoms with Crippen LogP contribution in [0.25, 0.3) is 6.08 Å². The smallest absolute Gasteiger partial charge is 0.163 e. The molecule has 0 amide bonds. The zero-order valence-electron chi connectivity index (χ0n) is 14.0. The van der Waals surface area contributed by atoms with Crippen molar-refractivity contribution in [3.05, 3.63) is 105 Å². The Morgan fingerprint density at radius 2 is 1.62 bits per heavy atom. The van der Waals surface area contributed by atoms with Gasteiger partial charge in [-0.1, -0.05) is 89.9 Å². The number of fused-ring (bicyclic) bond motifs is 3. The van der Waals surface area contributed by atoms with Gasteiger partial charge in [0.2, 0.25) is 0 Å². The first-order chi connectivity index (χ1) is 12.7. The number of ether oxygens (including phenoxy) is 1. The molecular formula is C23H16Cl2O. The first-order valence-corrected chi connectivity index (χ1v) is 9.43. The molecule has 0 bridgehead atoms. The second-order valence-electron chi connectivity index (χ2n) is 6.85. The minimum absolute atomic E-state index is 0.228. The van der Waals surface area contributed by atoms with Gasteiger partial charge in [-0.3, -0.25) is 0 Å². The highest BCUT2D eigenvalue weighted by molar-refractivity contribution is 6.35. The van der Waals surface area contributed by atoms with E-state index in [0.29, 0.717) is 10.0 Å². The molecular weight excluding hydrogens is 363 g/mol. The molecule has 1 aliphatic heterocycles. The average Bonchev–Trinajstić information content (AvgIpc) is 2.91. The van der Waals surface area contributed by atoms with Crippen molar-refractivity contribution < 1.29 is 4.74 Å². The van der Waals surface area contributed by atoms with Crippen LogP contribution < -0.4 is 4.74 Å². The fourth-order valence-corrected chi connectivity index (χ4v) is 4.78. The summed E-state index contributed by atoms with van der Waals surface area (Å²) in [5.41, 5.74) is 4.22. The highest BCUT2D eigenvalue weighted by Gasteiger charge is 2.60. The molecule has 1 aliphatic carbocycles. The predicted molar refractivity (Wildman–Crippen MR) is 107 cm³/mol. The summed E-state index contributed by atoms with van der Waals surface area (Å²) in [7, 11) is 0. The van der Waals surface area contributed by atoms with Crippen LogP contribution in [-0.4, -0.2) is 0 Å². The second-order valence-corrected chi connectivity index (χ2v) is 7.69. The van der Waals surface area contributed by atoms with Gasteiger partial charge in [-0.05, 0) is 29.7 Å². The minimum atomic E-state index is -0.492. The maximum atomic E-state index is 6.59. The molecule has 3 heteroatoms. The Hall–Kier alpha value is -2.22. The molecule has 0 N–H and O–H groups in total. The molecule has 2 aliphatic rings. The Kier molecular flexibility index (Phi) is 3.63. The highest BCUT2D eigenvalue weighted by Crippen LogP contribution is 2.66. The molecule has 5 rings (SSSR count). The van der Waals surface area contributed by atoms with Gasteiger partial charge in [0.25, 0.3) is 0 Å². The third-order valence-corrected chi connectivity index (χ3v) is 5.91. The molecule has 1 saturated carbocycles. The summed E-state index contributed by atoms with van der Waals surface area (Å²) in [5, 5.41) is 1.23. The standard InChI is InChI=1S/C23H16Cl2O/c24-18-13-19-20-12-17(11-15-7-3-1-4-8-15)23(20,16-9-5-2-6-10-16)26-22(19)21(25)14-18/h1-11,13-14,20H,12H2/b17-11+/t20-,23-/m1/s1. The van der Waals surface area contributed by atoms with E-state index in [9.17, 15) is 0 Å². The van der Waals surface area contributed by atoms with Gasteiger partial charge >= 0.3 is 0 Å². The Morgan fingerprint density at radius 3 is 2.35 bits per heavy atom. The summed E-state index contributed by atoms with van der Waals surface area (Å²) in [4.78, 5) is 0. The fraction of sp³-hybridized carbons (Fsp3) is 0.130. The summed E-state index contributed by atoms with van der Waals surface area (Å²) < 4.78 is 6.59. The van der Waals surface area contributed by atoms with Gasteiger partial charge in [-0.15, -0.1) is 0 Å². The molecule has 2 atom stereocenters. The van der Waals surface area contributed by atoms with E-state index in [0.717, 1.165) is 23.3 Å². The first-order valence-electron chi connectivity index (χ1n) is 8.68. The van der Waals surface area contributed by atoms with Gasteiger partial charge in [0.15, 0.2) is 5.60 Å². The van der Waals surface area contributed by atoms with Gasteiger partial charge < -0.3 is 4.74 Å². The molecule has 0 spiro atoms. The van der Waals surface area contributed by atoms with Gasteiger partial charge in [0, 0.05) is 22.1 Å². The Bertz CT molecular complexity index is 1010. The molecule has 0 radical (unpaired) electrons. The quantitative estimate of drug-likeness (QED) is 0.473. The normalized spacial score (nSPS) is 24.5. The lowest BCUT2D eigenvalue weighted by atomic mass is 9.60. The van der Waals surface area contributed by atoms with Crippen molar-refractivity contribution in [1.82, 2.24) is 0 Å². The Labute approximate surface area is 162 Å². The summed E-state index contributed by atoms with van der Waals surface area (Å²) in [6.45, 7) is 0. The van der Waals surface area contributed by atoms with Crippen LogP contribution in [-0.2, 0) is 5.60 Å². The molecule has 1 heterocycles. The summed E-state index contributed by atoms with van der Waals surface area (Å²) in [5.74, 6) is 0.993. The van der Waals surface area contributed by atoms with Crippen molar-refractivity contribution in [2.24, 2.45) is 0 Å². The lowest BCUT2D eigenvalue weighted by Crippen LogP contribution is -2.46. The predicted octanol–water partition coefficient (Wildman–Crippen LogP) is 6.85. The number of halogens is 2. The van der Waals surface area contributed by atoms with E-state index in [1.807, 2.05) is 18.2 Å². The molecule has 1 nitrogen and oxygen atoms in total. The van der Waals surface area contributed by atoms with E-state index < -0.39 is 5.60 Å². The van der Waals surface area contributed by atoms with Crippen LogP contribution in [0.5, 0.6) is 5.75 Å². The SMILES string of the molecule is Clc1cc(Cl)c2c(c1)[C@H]1C/C(=C\c3ccccc3)[C@@]1(c1ccccc1)O2. The summed E-state index contributed by atoms with van der Waals surface area (Å²) >= 11 is 12.7. The molecule has 26 heavy (non-hydrogen) atoms. The fourth-order valence-electron chi connectivity index (χ4n) is 4.23. The first kappa shape index (κ1) is 16.0. The topological polar surface area (TPSA) is 9.23 Å². The Balaban J connectivity index is 1.68. The van der Waals surface area contributed by atoms with Crippen LogP contribution in [0.4, 0.5) is 0 Å². The lowest BCUT2D eigenvalue weighted by Gasteiger charge is -2.47. The lowest BCUT2D eigenvalue weighted by molar-refractivity contribution is 0.0580. The van der Waals surface area contributed by atoms with Gasteiger partial charge in [-0.25, -0.2) is 0 Å². The van der Waals surface area contributed by atoms with Crippen LogP contribution >= 0.6 is 23.2 Å². The van der Waals surface area contributed by atoms with E-state index >= 15 is 0 Å². The van der Waals surface area contributed by atoms with Crippen LogP contribution in [0.15, 0.2) is 78.4 Å². The van der Waals surface area contributed by atoms with Gasteiger partial charge in [0.1, 0.15) is 5.75 Å². The third-order valence-electron chi connectivity index (χ3n) is 5.41. The minimum Gasteiger partial charge on any atom is -0.476 e. The number of hydrogen-bond donors (Lipinski definition) is 0. The monoisotopic (exact) mass is 378 g/mol. The average molecular weight is 379 g/mol. The maximum Gasteiger partial charge on any atom is 0.163 e. The van der Waals surface area contributed by atoms with E-state index in [4.69, 9.17) is 27.9 Å². The summed E-state index contributed by atoms with van der Waals surface area (Å²) in [6, 6.07) is 24.5. The van der Waals surface area contributed by atoms with Crippen molar-refractivity contribution in [1.29, 1.82) is 0 Å². The van der Waals surface area contributed by atoms with E-state index in [1.165, 1.54) is 11.1 Å². The highest BCUT2D eigenvalue weighted by atomic mass is 35.5. The third kappa shape index (κ3) is 2.24. The Morgan fingerprint density at radius 1 is 0.923 bits per heavy atom. The maximum absolute atomic E-state index is 6.59. The number of rotatable bonds is 2. The number of hydrogen-bond acceptors (Lipinski definition) is 1. The van der Waals surface area contributed by atoms with Gasteiger partial charge in [-0.2, -0.15) is 0 Å². The van der Waals surface area contributed by atoms with Crippen LogP contribution in [0.3, 0.4) is 0 Å². The van der Waals surface area contributed by atoms with Crippen molar-refractivity contribution in [3.8, 4) is 5.75 Å². The molecule has 3 aromatic rings. The van der Waals surface area contributed by atoms with Crippen LogP contribution in [0, 0.1) is 0 Å². The molecule has 128 valence electrons. The van der Waals surface area contributed by atoms with E-state index in [2.05, 4.69) is 54.6 Å².